The maximum atomic E-state index is 11.2. The van der Waals surface area contributed by atoms with E-state index >= 15 is 0 Å². The van der Waals surface area contributed by atoms with Crippen molar-refractivity contribution in [2.24, 2.45) is 0 Å². The van der Waals surface area contributed by atoms with E-state index in [2.05, 4.69) is 9.78 Å². The van der Waals surface area contributed by atoms with E-state index in [4.69, 9.17) is 0 Å². The second-order valence-corrected chi connectivity index (χ2v) is 4.12. The summed E-state index contributed by atoms with van der Waals surface area (Å²) in [6.07, 6.45) is 0.916. The number of carbonyl (C=O) groups is 2. The zero-order chi connectivity index (χ0) is 14.0. The summed E-state index contributed by atoms with van der Waals surface area (Å²) < 4.78 is 0. The number of unbranched alkanes of at least 4 members (excludes halogenated alkanes) is 2. The van der Waals surface area contributed by atoms with Crippen LogP contribution in [0.3, 0.4) is 0 Å². The van der Waals surface area contributed by atoms with Crippen LogP contribution in [-0.2, 0) is 19.4 Å². The Kier molecular flexibility index (Phi) is 9.22. The number of carbonyl (C=O) groups excluding carboxylic acids is 2. The second-order valence-electron chi connectivity index (χ2n) is 4.12. The molecule has 2 atom stereocenters. The van der Waals surface area contributed by atoms with Crippen LogP contribution in [0, 0.1) is 0 Å². The molecule has 2 N–H and O–H groups in total. The molecular weight excluding hydrogens is 240 g/mol. The summed E-state index contributed by atoms with van der Waals surface area (Å²) in [6.45, 7) is 3.84. The van der Waals surface area contributed by atoms with E-state index in [0.717, 1.165) is 12.8 Å². The minimum absolute atomic E-state index is 0.255. The SMILES string of the molecule is CCCCC(O)C(=O)OOC(=O)C(O)CCCC. The van der Waals surface area contributed by atoms with Crippen molar-refractivity contribution in [2.75, 3.05) is 0 Å². The van der Waals surface area contributed by atoms with E-state index in [0.29, 0.717) is 12.8 Å². The molecule has 0 spiro atoms. The van der Waals surface area contributed by atoms with Crippen LogP contribution in [0.25, 0.3) is 0 Å². The molecule has 0 aliphatic rings. The molecule has 0 bridgehead atoms. The van der Waals surface area contributed by atoms with Gasteiger partial charge in [0.2, 0.25) is 0 Å². The number of aliphatic hydroxyl groups is 2. The first kappa shape index (κ1) is 16.9. The van der Waals surface area contributed by atoms with Crippen molar-refractivity contribution in [1.29, 1.82) is 0 Å². The molecule has 0 aromatic heterocycles. The van der Waals surface area contributed by atoms with Gasteiger partial charge in [0, 0.05) is 0 Å². The average Bonchev–Trinajstić information content (AvgIpc) is 2.38. The molecule has 0 amide bonds. The third-order valence-corrected chi connectivity index (χ3v) is 2.41. The summed E-state index contributed by atoms with van der Waals surface area (Å²) in [5.74, 6) is -2.03. The topological polar surface area (TPSA) is 93.1 Å². The average molecular weight is 262 g/mol. The second kappa shape index (κ2) is 9.85. The third kappa shape index (κ3) is 7.24. The summed E-state index contributed by atoms with van der Waals surface area (Å²) in [5, 5.41) is 18.6. The van der Waals surface area contributed by atoms with E-state index < -0.39 is 24.1 Å². The highest BCUT2D eigenvalue weighted by Crippen LogP contribution is 2.05. The molecule has 0 rings (SSSR count). The monoisotopic (exact) mass is 262 g/mol. The van der Waals surface area contributed by atoms with Crippen molar-refractivity contribution in [2.45, 2.75) is 64.6 Å². The molecule has 0 fully saturated rings. The lowest BCUT2D eigenvalue weighted by Crippen LogP contribution is -2.28. The highest BCUT2D eigenvalue weighted by molar-refractivity contribution is 5.77. The molecule has 0 saturated heterocycles. The van der Waals surface area contributed by atoms with Crippen LogP contribution in [0.1, 0.15) is 52.4 Å². The van der Waals surface area contributed by atoms with Gasteiger partial charge in [-0.3, -0.25) is 0 Å². The summed E-state index contributed by atoms with van der Waals surface area (Å²) in [5.41, 5.74) is 0. The van der Waals surface area contributed by atoms with Crippen molar-refractivity contribution in [3.8, 4) is 0 Å². The normalized spacial score (nSPS) is 13.8. The maximum Gasteiger partial charge on any atom is 0.383 e. The molecule has 0 heterocycles. The molecule has 0 saturated carbocycles. The highest BCUT2D eigenvalue weighted by Gasteiger charge is 2.22. The summed E-state index contributed by atoms with van der Waals surface area (Å²) >= 11 is 0. The van der Waals surface area contributed by atoms with Gasteiger partial charge in [-0.15, -0.1) is 0 Å². The van der Waals surface area contributed by atoms with E-state index in [9.17, 15) is 19.8 Å². The fourth-order valence-electron chi connectivity index (χ4n) is 1.22. The zero-order valence-corrected chi connectivity index (χ0v) is 10.9. The standard InChI is InChI=1S/C12H22O6/c1-3-5-7-9(13)11(15)17-18-12(16)10(14)8-6-4-2/h9-10,13-14H,3-8H2,1-2H3. The molecule has 6 nitrogen and oxygen atoms in total. The molecule has 0 aromatic rings. The summed E-state index contributed by atoms with van der Waals surface area (Å²) in [7, 11) is 0. The highest BCUT2D eigenvalue weighted by atomic mass is 17.2. The molecule has 6 heteroatoms. The van der Waals surface area contributed by atoms with E-state index in [1.54, 1.807) is 0 Å². The number of rotatable bonds is 8. The Morgan fingerprint density at radius 1 is 0.889 bits per heavy atom. The van der Waals surface area contributed by atoms with Crippen LogP contribution in [0.5, 0.6) is 0 Å². The van der Waals surface area contributed by atoms with Crippen LogP contribution >= 0.6 is 0 Å². The molecule has 0 aliphatic carbocycles. The first-order valence-electron chi connectivity index (χ1n) is 6.31. The van der Waals surface area contributed by atoms with Crippen LogP contribution in [0.15, 0.2) is 0 Å². The van der Waals surface area contributed by atoms with Gasteiger partial charge in [-0.1, -0.05) is 39.5 Å². The zero-order valence-electron chi connectivity index (χ0n) is 10.9. The molecule has 106 valence electrons. The van der Waals surface area contributed by atoms with Crippen molar-refractivity contribution >= 4 is 11.9 Å². The Morgan fingerprint density at radius 3 is 1.50 bits per heavy atom. The van der Waals surface area contributed by atoms with Gasteiger partial charge >= 0.3 is 11.9 Å². The molecule has 18 heavy (non-hydrogen) atoms. The quantitative estimate of drug-likeness (QED) is 0.502. The Morgan fingerprint density at radius 2 is 1.22 bits per heavy atom. The molecule has 2 unspecified atom stereocenters. The van der Waals surface area contributed by atoms with Crippen molar-refractivity contribution in [3.63, 3.8) is 0 Å². The fraction of sp³-hybridized carbons (Fsp3) is 0.833. The first-order chi connectivity index (χ1) is 8.52. The van der Waals surface area contributed by atoms with Crippen molar-refractivity contribution in [3.05, 3.63) is 0 Å². The van der Waals surface area contributed by atoms with Crippen LogP contribution < -0.4 is 0 Å². The van der Waals surface area contributed by atoms with E-state index in [-0.39, 0.29) is 12.8 Å². The third-order valence-electron chi connectivity index (χ3n) is 2.41. The minimum atomic E-state index is -1.30. The van der Waals surface area contributed by atoms with Crippen LogP contribution in [0.4, 0.5) is 0 Å². The molecule has 0 aromatic carbocycles. The summed E-state index contributed by atoms with van der Waals surface area (Å²) in [4.78, 5) is 30.6. The van der Waals surface area contributed by atoms with Crippen LogP contribution in [-0.4, -0.2) is 34.4 Å². The van der Waals surface area contributed by atoms with Crippen molar-refractivity contribution in [1.82, 2.24) is 0 Å². The lowest BCUT2D eigenvalue weighted by molar-refractivity contribution is -0.269. The van der Waals surface area contributed by atoms with Gasteiger partial charge in [-0.05, 0) is 12.8 Å². The molecule has 0 radical (unpaired) electrons. The van der Waals surface area contributed by atoms with Gasteiger partial charge in [-0.25, -0.2) is 19.4 Å². The van der Waals surface area contributed by atoms with Gasteiger partial charge in [0.05, 0.1) is 0 Å². The number of aliphatic hydroxyl groups excluding tert-OH is 2. The van der Waals surface area contributed by atoms with E-state index in [1.165, 1.54) is 0 Å². The number of hydrogen-bond donors (Lipinski definition) is 2. The Hall–Kier alpha value is -1.14. The minimum Gasteiger partial charge on any atom is -0.381 e. The van der Waals surface area contributed by atoms with Crippen molar-refractivity contribution < 1.29 is 29.6 Å². The summed E-state index contributed by atoms with van der Waals surface area (Å²) in [6, 6.07) is 0. The van der Waals surface area contributed by atoms with Gasteiger partial charge < -0.3 is 10.2 Å². The smallest absolute Gasteiger partial charge is 0.381 e. The molecular formula is C12H22O6. The Bertz CT molecular complexity index is 227. The van der Waals surface area contributed by atoms with Crippen LogP contribution in [0.2, 0.25) is 0 Å². The van der Waals surface area contributed by atoms with Gasteiger partial charge in [0.1, 0.15) is 0 Å². The van der Waals surface area contributed by atoms with Gasteiger partial charge in [0.25, 0.3) is 0 Å². The predicted octanol–water partition coefficient (Wildman–Crippen LogP) is 1.09. The lowest BCUT2D eigenvalue weighted by Gasteiger charge is -2.10. The molecule has 0 aliphatic heterocycles. The van der Waals surface area contributed by atoms with Gasteiger partial charge in [-0.2, -0.15) is 0 Å². The Labute approximate surface area is 107 Å². The predicted molar refractivity (Wildman–Crippen MR) is 63.2 cm³/mol. The van der Waals surface area contributed by atoms with Gasteiger partial charge in [0.15, 0.2) is 12.2 Å². The fourth-order valence-corrected chi connectivity index (χ4v) is 1.22. The largest absolute Gasteiger partial charge is 0.383 e. The first-order valence-corrected chi connectivity index (χ1v) is 6.31. The maximum absolute atomic E-state index is 11.2. The van der Waals surface area contributed by atoms with E-state index in [1.807, 2.05) is 13.8 Å². The number of hydrogen-bond acceptors (Lipinski definition) is 6. The Balaban J connectivity index is 3.86. The lowest BCUT2D eigenvalue weighted by atomic mass is 10.2.